The first-order chi connectivity index (χ1) is 14.4. The van der Waals surface area contributed by atoms with Crippen molar-refractivity contribution in [3.63, 3.8) is 0 Å². The molecule has 0 saturated carbocycles. The van der Waals surface area contributed by atoms with Crippen LogP contribution in [-0.2, 0) is 24.8 Å². The van der Waals surface area contributed by atoms with Gasteiger partial charge in [0.15, 0.2) is 5.65 Å². The van der Waals surface area contributed by atoms with Gasteiger partial charge in [0.05, 0.1) is 0 Å². The topological polar surface area (TPSA) is 107 Å². The van der Waals surface area contributed by atoms with Crippen LogP contribution in [0.3, 0.4) is 0 Å². The molecular formula is C21H26N6O3. The number of hydrogen-bond acceptors (Lipinski definition) is 5. The van der Waals surface area contributed by atoms with E-state index in [9.17, 15) is 14.4 Å². The fraction of sp³-hybridized carbons (Fsp3) is 0.429. The number of rotatable bonds is 5. The predicted molar refractivity (Wildman–Crippen MR) is 113 cm³/mol. The van der Waals surface area contributed by atoms with Crippen LogP contribution in [0.25, 0.3) is 11.2 Å². The highest BCUT2D eigenvalue weighted by Gasteiger charge is 2.21. The van der Waals surface area contributed by atoms with E-state index in [4.69, 9.17) is 0 Å². The minimum absolute atomic E-state index is 0.0773. The number of aryl methyl sites for hydroxylation is 3. The van der Waals surface area contributed by atoms with Crippen molar-refractivity contribution < 1.29 is 4.79 Å². The van der Waals surface area contributed by atoms with Crippen LogP contribution in [0.1, 0.15) is 23.4 Å². The molecule has 1 aromatic carbocycles. The molecule has 0 radical (unpaired) electrons. The van der Waals surface area contributed by atoms with Crippen LogP contribution in [0, 0.1) is 6.92 Å². The molecular weight excluding hydrogens is 384 g/mol. The molecule has 1 aliphatic heterocycles. The largest absolute Gasteiger partial charge is 0.340 e. The average molecular weight is 410 g/mol. The van der Waals surface area contributed by atoms with E-state index in [1.165, 1.54) is 15.7 Å². The molecule has 2 N–H and O–H groups in total. The summed E-state index contributed by atoms with van der Waals surface area (Å²) in [6, 6.07) is 8.51. The zero-order valence-corrected chi connectivity index (χ0v) is 17.3. The van der Waals surface area contributed by atoms with E-state index in [1.54, 1.807) is 7.05 Å². The Morgan fingerprint density at radius 3 is 2.63 bits per heavy atom. The highest BCUT2D eigenvalue weighted by molar-refractivity contribution is 5.76. The Kier molecular flexibility index (Phi) is 5.54. The quantitative estimate of drug-likeness (QED) is 0.638. The molecule has 0 unspecified atom stereocenters. The predicted octanol–water partition coefficient (Wildman–Crippen LogP) is 0.535. The lowest BCUT2D eigenvalue weighted by molar-refractivity contribution is -0.133. The van der Waals surface area contributed by atoms with Crippen LogP contribution in [-0.4, -0.2) is 61.4 Å². The van der Waals surface area contributed by atoms with Gasteiger partial charge in [0.2, 0.25) is 5.91 Å². The maximum atomic E-state index is 12.6. The summed E-state index contributed by atoms with van der Waals surface area (Å²) in [7, 11) is 1.55. The molecule has 0 atom stereocenters. The molecule has 1 saturated heterocycles. The number of carbonyl (C=O) groups is 1. The van der Waals surface area contributed by atoms with Gasteiger partial charge in [-0.3, -0.25) is 24.0 Å². The Balaban J connectivity index is 1.32. The van der Waals surface area contributed by atoms with E-state index in [0.717, 1.165) is 19.6 Å². The third-order valence-electron chi connectivity index (χ3n) is 5.59. The summed E-state index contributed by atoms with van der Waals surface area (Å²) < 4.78 is 1.28. The van der Waals surface area contributed by atoms with Crippen molar-refractivity contribution in [2.24, 2.45) is 7.05 Å². The van der Waals surface area contributed by atoms with Gasteiger partial charge in [-0.25, -0.2) is 9.78 Å². The summed E-state index contributed by atoms with van der Waals surface area (Å²) in [5.41, 5.74) is 2.10. The first-order valence-corrected chi connectivity index (χ1v) is 10.1. The molecule has 3 heterocycles. The molecule has 1 fully saturated rings. The second kappa shape index (κ2) is 8.27. The van der Waals surface area contributed by atoms with Crippen molar-refractivity contribution in [2.45, 2.75) is 26.3 Å². The van der Waals surface area contributed by atoms with Crippen LogP contribution in [0.2, 0.25) is 0 Å². The van der Waals surface area contributed by atoms with E-state index >= 15 is 0 Å². The SMILES string of the molecule is Cc1cccc(CN2CCN(C(=O)CCc3nc4c([nH]3)c(=O)[nH]c(=O)n4C)CC2)c1. The van der Waals surface area contributed by atoms with Crippen LogP contribution < -0.4 is 11.2 Å². The van der Waals surface area contributed by atoms with Crippen LogP contribution in [0.5, 0.6) is 0 Å². The van der Waals surface area contributed by atoms with Gasteiger partial charge in [0.25, 0.3) is 5.56 Å². The Morgan fingerprint density at radius 1 is 1.13 bits per heavy atom. The van der Waals surface area contributed by atoms with Crippen molar-refractivity contribution in [3.05, 3.63) is 62.1 Å². The van der Waals surface area contributed by atoms with E-state index in [2.05, 4.69) is 51.0 Å². The maximum Gasteiger partial charge on any atom is 0.329 e. The normalized spacial score (nSPS) is 15.1. The van der Waals surface area contributed by atoms with Crippen molar-refractivity contribution in [1.82, 2.24) is 29.3 Å². The number of hydrogen-bond donors (Lipinski definition) is 2. The highest BCUT2D eigenvalue weighted by Crippen LogP contribution is 2.12. The summed E-state index contributed by atoms with van der Waals surface area (Å²) in [6.45, 7) is 6.11. The van der Waals surface area contributed by atoms with Gasteiger partial charge >= 0.3 is 5.69 Å². The fourth-order valence-electron chi connectivity index (χ4n) is 3.88. The Morgan fingerprint density at radius 2 is 1.90 bits per heavy atom. The molecule has 2 aromatic heterocycles. The van der Waals surface area contributed by atoms with Gasteiger partial charge in [0, 0.05) is 52.6 Å². The average Bonchev–Trinajstić information content (AvgIpc) is 3.16. The first-order valence-electron chi connectivity index (χ1n) is 10.1. The monoisotopic (exact) mass is 410 g/mol. The van der Waals surface area contributed by atoms with Crippen molar-refractivity contribution in [1.29, 1.82) is 0 Å². The number of H-pyrrole nitrogens is 2. The van der Waals surface area contributed by atoms with Crippen LogP contribution >= 0.6 is 0 Å². The van der Waals surface area contributed by atoms with Crippen molar-refractivity contribution in [3.8, 4) is 0 Å². The summed E-state index contributed by atoms with van der Waals surface area (Å²) in [6.07, 6.45) is 0.703. The van der Waals surface area contributed by atoms with Crippen LogP contribution in [0.15, 0.2) is 33.9 Å². The zero-order valence-electron chi connectivity index (χ0n) is 17.3. The number of aromatic amines is 2. The number of benzene rings is 1. The standard InChI is InChI=1S/C21H26N6O3/c1-14-4-3-5-15(12-14)13-26-8-10-27(11-9-26)17(28)7-6-16-22-18-19(23-16)25(2)21(30)24-20(18)29/h3-5,12H,6-11,13H2,1-2H3,(H,22,23)(H,24,29,30). The van der Waals surface area contributed by atoms with Gasteiger partial charge < -0.3 is 9.88 Å². The second-order valence-electron chi connectivity index (χ2n) is 7.85. The molecule has 30 heavy (non-hydrogen) atoms. The molecule has 9 nitrogen and oxygen atoms in total. The van der Waals surface area contributed by atoms with Crippen LogP contribution in [0.4, 0.5) is 0 Å². The summed E-state index contributed by atoms with van der Waals surface area (Å²) in [4.78, 5) is 50.0. The third kappa shape index (κ3) is 4.20. The molecule has 0 bridgehead atoms. The van der Waals surface area contributed by atoms with Gasteiger partial charge in [-0.1, -0.05) is 29.8 Å². The lowest BCUT2D eigenvalue weighted by Crippen LogP contribution is -2.48. The number of amides is 1. The number of carbonyl (C=O) groups excluding carboxylic acids is 1. The van der Waals surface area contributed by atoms with E-state index < -0.39 is 11.2 Å². The number of fused-ring (bicyclic) bond motifs is 1. The lowest BCUT2D eigenvalue weighted by Gasteiger charge is -2.34. The molecule has 9 heteroatoms. The van der Waals surface area contributed by atoms with Gasteiger partial charge in [-0.05, 0) is 12.5 Å². The third-order valence-corrected chi connectivity index (χ3v) is 5.59. The summed E-state index contributed by atoms with van der Waals surface area (Å²) in [5, 5.41) is 0. The minimum Gasteiger partial charge on any atom is -0.340 e. The van der Waals surface area contributed by atoms with E-state index in [-0.39, 0.29) is 11.4 Å². The second-order valence-corrected chi connectivity index (χ2v) is 7.85. The smallest absolute Gasteiger partial charge is 0.329 e. The lowest BCUT2D eigenvalue weighted by atomic mass is 10.1. The molecule has 4 rings (SSSR count). The molecule has 3 aromatic rings. The number of imidazole rings is 1. The number of nitrogens with zero attached hydrogens (tertiary/aromatic N) is 4. The summed E-state index contributed by atoms with van der Waals surface area (Å²) >= 11 is 0. The molecule has 0 aliphatic carbocycles. The minimum atomic E-state index is -0.509. The molecule has 158 valence electrons. The van der Waals surface area contributed by atoms with Gasteiger partial charge in [0.1, 0.15) is 11.3 Å². The van der Waals surface area contributed by atoms with E-state index in [0.29, 0.717) is 37.4 Å². The van der Waals surface area contributed by atoms with Crippen molar-refractivity contribution in [2.75, 3.05) is 26.2 Å². The molecule has 1 amide bonds. The Bertz CT molecular complexity index is 1180. The number of piperazine rings is 1. The number of aromatic nitrogens is 4. The van der Waals surface area contributed by atoms with Crippen molar-refractivity contribution >= 4 is 17.1 Å². The Labute approximate surface area is 173 Å². The molecule has 1 aliphatic rings. The Hall–Kier alpha value is -3.20. The van der Waals surface area contributed by atoms with E-state index in [1.807, 2.05) is 4.90 Å². The van der Waals surface area contributed by atoms with Gasteiger partial charge in [-0.2, -0.15) is 0 Å². The number of nitrogens with one attached hydrogen (secondary N) is 2. The molecule has 0 spiro atoms. The summed E-state index contributed by atoms with van der Waals surface area (Å²) in [5.74, 6) is 0.608. The fourth-order valence-corrected chi connectivity index (χ4v) is 3.88. The first kappa shape index (κ1) is 20.1. The van der Waals surface area contributed by atoms with Gasteiger partial charge in [-0.15, -0.1) is 0 Å². The zero-order chi connectivity index (χ0) is 21.3. The highest BCUT2D eigenvalue weighted by atomic mass is 16.2. The maximum absolute atomic E-state index is 12.6.